The fourth-order valence-corrected chi connectivity index (χ4v) is 1.34. The number of ether oxygens (including phenoxy) is 2. The van der Waals surface area contributed by atoms with Crippen molar-refractivity contribution in [3.63, 3.8) is 0 Å². The van der Waals surface area contributed by atoms with Crippen LogP contribution in [0.3, 0.4) is 0 Å². The molecular weight excluding hydrogens is 222 g/mol. The number of aromatic amines is 1. The third-order valence-corrected chi connectivity index (χ3v) is 2.18. The van der Waals surface area contributed by atoms with Crippen molar-refractivity contribution in [2.24, 2.45) is 0 Å². The van der Waals surface area contributed by atoms with Gasteiger partial charge in [0.15, 0.2) is 0 Å². The molecule has 0 aromatic carbocycles. The van der Waals surface area contributed by atoms with Crippen molar-refractivity contribution in [2.45, 2.75) is 0 Å². The Morgan fingerprint density at radius 1 is 1.29 bits per heavy atom. The van der Waals surface area contributed by atoms with E-state index >= 15 is 0 Å². The first-order valence-electron chi connectivity index (χ1n) is 4.89. The van der Waals surface area contributed by atoms with Gasteiger partial charge in [-0.3, -0.25) is 5.10 Å². The number of hydrogen-bond donors (Lipinski definition) is 1. The maximum Gasteiger partial charge on any atom is 0.356 e. The highest BCUT2D eigenvalue weighted by molar-refractivity contribution is 5.88. The van der Waals surface area contributed by atoms with Crippen LogP contribution in [0.25, 0.3) is 11.4 Å². The van der Waals surface area contributed by atoms with E-state index in [1.165, 1.54) is 14.2 Å². The number of methoxy groups -OCH3 is 2. The Hall–Kier alpha value is -2.37. The number of pyridine rings is 1. The molecule has 0 saturated heterocycles. The molecular formula is C11H11N3O3. The number of nitrogens with zero attached hydrogens (tertiary/aromatic N) is 2. The number of carbonyl (C=O) groups excluding carboxylic acids is 1. The lowest BCUT2D eigenvalue weighted by Gasteiger charge is -1.99. The van der Waals surface area contributed by atoms with Crippen LogP contribution in [0.4, 0.5) is 0 Å². The summed E-state index contributed by atoms with van der Waals surface area (Å²) in [6, 6.07) is 6.89. The highest BCUT2D eigenvalue weighted by Crippen LogP contribution is 2.18. The first kappa shape index (κ1) is 11.1. The van der Waals surface area contributed by atoms with E-state index in [9.17, 15) is 4.79 Å². The zero-order chi connectivity index (χ0) is 12.3. The van der Waals surface area contributed by atoms with Gasteiger partial charge in [0.25, 0.3) is 0 Å². The SMILES string of the molecule is COC(=O)c1cc(-c2cccc(OC)n2)n[nH]1. The summed E-state index contributed by atoms with van der Waals surface area (Å²) in [6.45, 7) is 0. The molecule has 0 saturated carbocycles. The maximum absolute atomic E-state index is 11.2. The van der Waals surface area contributed by atoms with Crippen LogP contribution in [-0.4, -0.2) is 35.4 Å². The lowest BCUT2D eigenvalue weighted by Crippen LogP contribution is -2.00. The first-order chi connectivity index (χ1) is 8.24. The summed E-state index contributed by atoms with van der Waals surface area (Å²) < 4.78 is 9.59. The van der Waals surface area contributed by atoms with E-state index in [0.717, 1.165) is 0 Å². The zero-order valence-electron chi connectivity index (χ0n) is 9.43. The summed E-state index contributed by atoms with van der Waals surface area (Å²) in [5, 5.41) is 6.57. The maximum atomic E-state index is 11.2. The number of carbonyl (C=O) groups is 1. The molecule has 0 fully saturated rings. The Balaban J connectivity index is 2.33. The molecule has 0 bridgehead atoms. The molecule has 0 aliphatic rings. The molecule has 0 spiro atoms. The molecule has 2 aromatic heterocycles. The van der Waals surface area contributed by atoms with Gasteiger partial charge in [0.1, 0.15) is 11.4 Å². The normalized spacial score (nSPS) is 10.0. The van der Waals surface area contributed by atoms with Gasteiger partial charge in [-0.05, 0) is 6.07 Å². The van der Waals surface area contributed by atoms with Crippen LogP contribution in [0.15, 0.2) is 24.3 Å². The Morgan fingerprint density at radius 3 is 2.82 bits per heavy atom. The number of H-pyrrole nitrogens is 1. The average Bonchev–Trinajstić information content (AvgIpc) is 2.87. The van der Waals surface area contributed by atoms with E-state index in [4.69, 9.17) is 4.74 Å². The van der Waals surface area contributed by atoms with Crippen LogP contribution in [0.1, 0.15) is 10.5 Å². The van der Waals surface area contributed by atoms with E-state index in [1.54, 1.807) is 24.3 Å². The molecule has 6 heteroatoms. The molecule has 2 heterocycles. The van der Waals surface area contributed by atoms with Crippen molar-refractivity contribution >= 4 is 5.97 Å². The van der Waals surface area contributed by atoms with Gasteiger partial charge in [-0.2, -0.15) is 5.10 Å². The van der Waals surface area contributed by atoms with Gasteiger partial charge in [-0.25, -0.2) is 9.78 Å². The molecule has 0 aliphatic heterocycles. The summed E-state index contributed by atoms with van der Waals surface area (Å²) in [5.41, 5.74) is 1.46. The second-order valence-corrected chi connectivity index (χ2v) is 3.22. The van der Waals surface area contributed by atoms with Crippen LogP contribution in [-0.2, 0) is 4.74 Å². The van der Waals surface area contributed by atoms with Crippen LogP contribution in [0.2, 0.25) is 0 Å². The lowest BCUT2D eigenvalue weighted by atomic mass is 10.2. The fraction of sp³-hybridized carbons (Fsp3) is 0.182. The smallest absolute Gasteiger partial charge is 0.356 e. The number of aromatic nitrogens is 3. The lowest BCUT2D eigenvalue weighted by molar-refractivity contribution is 0.0594. The van der Waals surface area contributed by atoms with Crippen molar-refractivity contribution in [3.8, 4) is 17.3 Å². The van der Waals surface area contributed by atoms with E-state index < -0.39 is 5.97 Å². The van der Waals surface area contributed by atoms with Gasteiger partial charge in [-0.15, -0.1) is 0 Å². The van der Waals surface area contributed by atoms with Crippen molar-refractivity contribution in [2.75, 3.05) is 14.2 Å². The van der Waals surface area contributed by atoms with Crippen LogP contribution < -0.4 is 4.74 Å². The predicted octanol–water partition coefficient (Wildman–Crippen LogP) is 1.27. The molecule has 0 amide bonds. The molecule has 6 nitrogen and oxygen atoms in total. The second-order valence-electron chi connectivity index (χ2n) is 3.22. The van der Waals surface area contributed by atoms with Gasteiger partial charge >= 0.3 is 5.97 Å². The van der Waals surface area contributed by atoms with Gasteiger partial charge in [-0.1, -0.05) is 6.07 Å². The molecule has 0 radical (unpaired) electrons. The summed E-state index contributed by atoms with van der Waals surface area (Å²) in [4.78, 5) is 15.4. The van der Waals surface area contributed by atoms with Crippen LogP contribution in [0.5, 0.6) is 5.88 Å². The number of esters is 1. The molecule has 0 unspecified atom stereocenters. The highest BCUT2D eigenvalue weighted by atomic mass is 16.5. The largest absolute Gasteiger partial charge is 0.481 e. The molecule has 0 aliphatic carbocycles. The molecule has 88 valence electrons. The quantitative estimate of drug-likeness (QED) is 0.808. The zero-order valence-corrected chi connectivity index (χ0v) is 9.43. The summed E-state index contributed by atoms with van der Waals surface area (Å²) >= 11 is 0. The fourth-order valence-electron chi connectivity index (χ4n) is 1.34. The number of hydrogen-bond acceptors (Lipinski definition) is 5. The van der Waals surface area contributed by atoms with Gasteiger partial charge in [0.05, 0.1) is 19.9 Å². The number of nitrogens with one attached hydrogen (secondary N) is 1. The van der Waals surface area contributed by atoms with Crippen LogP contribution in [0, 0.1) is 0 Å². The minimum absolute atomic E-state index is 0.284. The standard InChI is InChI=1S/C11H11N3O3/c1-16-10-5-3-4-7(12-10)8-6-9(14-13-8)11(15)17-2/h3-6H,1-2H3,(H,13,14). The van der Waals surface area contributed by atoms with Crippen molar-refractivity contribution in [1.29, 1.82) is 0 Å². The van der Waals surface area contributed by atoms with E-state index in [1.807, 2.05) is 0 Å². The number of rotatable bonds is 3. The van der Waals surface area contributed by atoms with Gasteiger partial charge in [0.2, 0.25) is 5.88 Å². The molecule has 2 rings (SSSR count). The Morgan fingerprint density at radius 2 is 2.12 bits per heavy atom. The minimum atomic E-state index is -0.466. The topological polar surface area (TPSA) is 77.1 Å². The summed E-state index contributed by atoms with van der Waals surface area (Å²) in [6.07, 6.45) is 0. The Bertz CT molecular complexity index is 536. The predicted molar refractivity (Wildman–Crippen MR) is 59.7 cm³/mol. The van der Waals surface area contributed by atoms with E-state index in [-0.39, 0.29) is 5.69 Å². The molecule has 17 heavy (non-hydrogen) atoms. The average molecular weight is 233 g/mol. The van der Waals surface area contributed by atoms with Crippen molar-refractivity contribution in [1.82, 2.24) is 15.2 Å². The Kier molecular flexibility index (Phi) is 3.04. The first-order valence-corrected chi connectivity index (χ1v) is 4.89. The third kappa shape index (κ3) is 2.25. The molecule has 1 N–H and O–H groups in total. The second kappa shape index (κ2) is 4.65. The van der Waals surface area contributed by atoms with Crippen LogP contribution >= 0.6 is 0 Å². The molecule has 2 aromatic rings. The van der Waals surface area contributed by atoms with E-state index in [2.05, 4.69) is 19.9 Å². The molecule has 0 atom stereocenters. The van der Waals surface area contributed by atoms with Gasteiger partial charge < -0.3 is 9.47 Å². The summed E-state index contributed by atoms with van der Waals surface area (Å²) in [7, 11) is 2.85. The van der Waals surface area contributed by atoms with E-state index in [0.29, 0.717) is 17.3 Å². The van der Waals surface area contributed by atoms with Crippen molar-refractivity contribution < 1.29 is 14.3 Å². The summed E-state index contributed by atoms with van der Waals surface area (Å²) in [5.74, 6) is 0.0248. The minimum Gasteiger partial charge on any atom is -0.481 e. The van der Waals surface area contributed by atoms with Gasteiger partial charge in [0, 0.05) is 12.1 Å². The highest BCUT2D eigenvalue weighted by Gasteiger charge is 2.11. The third-order valence-electron chi connectivity index (χ3n) is 2.18. The Labute approximate surface area is 97.6 Å². The van der Waals surface area contributed by atoms with Crippen molar-refractivity contribution in [3.05, 3.63) is 30.0 Å². The monoisotopic (exact) mass is 233 g/mol.